The van der Waals surface area contributed by atoms with Crippen LogP contribution in [-0.4, -0.2) is 44.3 Å². The number of amides is 2. The number of carbonyl (C=O) groups is 2. The lowest BCUT2D eigenvalue weighted by atomic mass is 10.1. The molecule has 1 atom stereocenters. The summed E-state index contributed by atoms with van der Waals surface area (Å²) in [5.74, 6) is -0.817. The summed E-state index contributed by atoms with van der Waals surface area (Å²) >= 11 is 5.97. The number of anilines is 1. The normalized spacial score (nSPS) is 12.0. The maximum absolute atomic E-state index is 13.8. The number of carbonyl (C=O) groups excluding carboxylic acids is 2. The highest BCUT2D eigenvalue weighted by molar-refractivity contribution is 7.92. The molecular weight excluding hydrogens is 510 g/mol. The summed E-state index contributed by atoms with van der Waals surface area (Å²) in [6.45, 7) is 7.38. The minimum atomic E-state index is -4.12. The average molecular weight is 542 g/mol. The molecule has 2 amide bonds. The van der Waals surface area contributed by atoms with Gasteiger partial charge < -0.3 is 10.2 Å². The smallest absolute Gasteiger partial charge is 0.264 e. The minimum Gasteiger partial charge on any atom is -0.355 e. The van der Waals surface area contributed by atoms with Crippen molar-refractivity contribution in [2.45, 2.75) is 45.2 Å². The second-order valence-electron chi connectivity index (χ2n) is 8.88. The van der Waals surface area contributed by atoms with Crippen LogP contribution in [-0.2, 0) is 26.2 Å². The molecule has 0 aliphatic rings. The van der Waals surface area contributed by atoms with Crippen molar-refractivity contribution in [1.82, 2.24) is 10.2 Å². The third kappa shape index (κ3) is 7.11. The average Bonchev–Trinajstić information content (AvgIpc) is 2.87. The summed E-state index contributed by atoms with van der Waals surface area (Å²) in [6.07, 6.45) is 0. The maximum atomic E-state index is 13.8. The van der Waals surface area contributed by atoms with E-state index < -0.39 is 28.5 Å². The predicted molar refractivity (Wildman–Crippen MR) is 147 cm³/mol. The number of nitrogens with one attached hydrogen (secondary N) is 1. The first-order chi connectivity index (χ1) is 17.5. The summed E-state index contributed by atoms with van der Waals surface area (Å²) in [7, 11) is -4.12. The molecule has 37 heavy (non-hydrogen) atoms. The Balaban J connectivity index is 2.01. The summed E-state index contributed by atoms with van der Waals surface area (Å²) in [6, 6.07) is 19.5. The van der Waals surface area contributed by atoms with Crippen molar-refractivity contribution in [1.29, 1.82) is 0 Å². The molecule has 0 heterocycles. The number of aryl methyl sites for hydroxylation is 2. The zero-order valence-corrected chi connectivity index (χ0v) is 23.0. The van der Waals surface area contributed by atoms with Gasteiger partial charge in [0.15, 0.2) is 0 Å². The molecule has 0 bridgehead atoms. The van der Waals surface area contributed by atoms with E-state index in [0.717, 1.165) is 21.0 Å². The van der Waals surface area contributed by atoms with E-state index in [1.165, 1.54) is 29.2 Å². The molecule has 3 aromatic carbocycles. The molecule has 0 fully saturated rings. The van der Waals surface area contributed by atoms with Crippen LogP contribution in [0.15, 0.2) is 77.7 Å². The Morgan fingerprint density at radius 2 is 1.43 bits per heavy atom. The molecule has 1 N–H and O–H groups in total. The summed E-state index contributed by atoms with van der Waals surface area (Å²) in [5, 5.41) is 3.15. The lowest BCUT2D eigenvalue weighted by Crippen LogP contribution is -2.51. The molecule has 0 aliphatic carbocycles. The van der Waals surface area contributed by atoms with Crippen molar-refractivity contribution >= 4 is 39.1 Å². The number of hydrogen-bond donors (Lipinski definition) is 1. The van der Waals surface area contributed by atoms with Crippen LogP contribution in [0.1, 0.15) is 30.5 Å². The van der Waals surface area contributed by atoms with Crippen molar-refractivity contribution in [2.75, 3.05) is 17.4 Å². The molecule has 196 valence electrons. The Hall–Kier alpha value is -3.36. The van der Waals surface area contributed by atoms with Crippen LogP contribution in [0.4, 0.5) is 5.69 Å². The second kappa shape index (κ2) is 12.3. The van der Waals surface area contributed by atoms with Crippen molar-refractivity contribution in [3.8, 4) is 0 Å². The Morgan fingerprint density at radius 3 is 1.97 bits per heavy atom. The van der Waals surface area contributed by atoms with Crippen molar-refractivity contribution in [2.24, 2.45) is 0 Å². The highest BCUT2D eigenvalue weighted by Gasteiger charge is 2.32. The van der Waals surface area contributed by atoms with Crippen LogP contribution in [0.3, 0.4) is 0 Å². The van der Waals surface area contributed by atoms with Crippen LogP contribution < -0.4 is 9.62 Å². The van der Waals surface area contributed by atoms with Crippen LogP contribution in [0.25, 0.3) is 0 Å². The molecular formula is C28H32ClN3O4S. The first kappa shape index (κ1) is 28.2. The topological polar surface area (TPSA) is 86.8 Å². The van der Waals surface area contributed by atoms with E-state index >= 15 is 0 Å². The van der Waals surface area contributed by atoms with Crippen molar-refractivity contribution in [3.05, 3.63) is 94.5 Å². The molecule has 3 aromatic rings. The molecule has 0 unspecified atom stereocenters. The van der Waals surface area contributed by atoms with Gasteiger partial charge in [-0.05, 0) is 69.7 Å². The highest BCUT2D eigenvalue weighted by atomic mass is 35.5. The number of sulfonamides is 1. The van der Waals surface area contributed by atoms with Crippen LogP contribution >= 0.6 is 11.6 Å². The van der Waals surface area contributed by atoms with Crippen LogP contribution in [0, 0.1) is 13.8 Å². The zero-order chi connectivity index (χ0) is 27.2. The fourth-order valence-electron chi connectivity index (χ4n) is 3.77. The fraction of sp³-hybridized carbons (Fsp3) is 0.286. The standard InChI is InChI=1S/C28H32ClN3O4S/c1-5-30-28(34)22(4)31(18-23-10-6-20(2)7-11-23)27(33)19-32(25-14-8-21(3)9-15-25)37(35,36)26-16-12-24(29)13-17-26/h6-17,22H,5,18-19H2,1-4H3,(H,30,34)/t22-/m0/s1. The number of hydrogen-bond acceptors (Lipinski definition) is 4. The molecule has 7 nitrogen and oxygen atoms in total. The van der Waals surface area contributed by atoms with Crippen LogP contribution in [0.5, 0.6) is 0 Å². The third-order valence-corrected chi connectivity index (χ3v) is 8.03. The van der Waals surface area contributed by atoms with Gasteiger partial charge in [-0.2, -0.15) is 0 Å². The van der Waals surface area contributed by atoms with Gasteiger partial charge in [-0.3, -0.25) is 13.9 Å². The van der Waals surface area contributed by atoms with Crippen LogP contribution in [0.2, 0.25) is 5.02 Å². The van der Waals surface area contributed by atoms with Gasteiger partial charge in [-0.25, -0.2) is 8.42 Å². The van der Waals surface area contributed by atoms with E-state index in [4.69, 9.17) is 11.6 Å². The zero-order valence-electron chi connectivity index (χ0n) is 21.4. The molecule has 0 radical (unpaired) electrons. The van der Waals surface area contributed by atoms with Gasteiger partial charge >= 0.3 is 0 Å². The first-order valence-corrected chi connectivity index (χ1v) is 13.8. The largest absolute Gasteiger partial charge is 0.355 e. The van der Waals surface area contributed by atoms with Gasteiger partial charge in [0.1, 0.15) is 12.6 Å². The van der Waals surface area contributed by atoms with Gasteiger partial charge in [0, 0.05) is 18.1 Å². The lowest BCUT2D eigenvalue weighted by Gasteiger charge is -2.32. The number of benzene rings is 3. The molecule has 0 saturated carbocycles. The van der Waals surface area contributed by atoms with E-state index in [9.17, 15) is 18.0 Å². The Labute approximate surface area is 224 Å². The van der Waals surface area contributed by atoms with E-state index in [0.29, 0.717) is 17.3 Å². The summed E-state index contributed by atoms with van der Waals surface area (Å²) in [5.41, 5.74) is 3.19. The first-order valence-electron chi connectivity index (χ1n) is 12.0. The number of rotatable bonds is 10. The maximum Gasteiger partial charge on any atom is 0.264 e. The molecule has 0 spiro atoms. The third-order valence-electron chi connectivity index (χ3n) is 5.99. The SMILES string of the molecule is CCNC(=O)[C@H](C)N(Cc1ccc(C)cc1)C(=O)CN(c1ccc(C)cc1)S(=O)(=O)c1ccc(Cl)cc1. The van der Waals surface area contributed by atoms with E-state index in [1.54, 1.807) is 38.1 Å². The number of halogens is 1. The monoisotopic (exact) mass is 541 g/mol. The predicted octanol–water partition coefficient (Wildman–Crippen LogP) is 4.71. The fourth-order valence-corrected chi connectivity index (χ4v) is 5.31. The van der Waals surface area contributed by atoms with E-state index in [1.807, 2.05) is 38.1 Å². The quantitative estimate of drug-likeness (QED) is 0.403. The number of likely N-dealkylation sites (N-methyl/N-ethyl adjacent to an activating group) is 1. The molecule has 9 heteroatoms. The van der Waals surface area contributed by atoms with Gasteiger partial charge in [0.2, 0.25) is 11.8 Å². The molecule has 0 saturated heterocycles. The van der Waals surface area contributed by atoms with E-state index in [2.05, 4.69) is 5.32 Å². The van der Waals surface area contributed by atoms with Crippen molar-refractivity contribution < 1.29 is 18.0 Å². The minimum absolute atomic E-state index is 0.00661. The van der Waals surface area contributed by atoms with E-state index in [-0.39, 0.29) is 17.3 Å². The summed E-state index contributed by atoms with van der Waals surface area (Å²) < 4.78 is 28.5. The van der Waals surface area contributed by atoms with Gasteiger partial charge in [-0.15, -0.1) is 0 Å². The van der Waals surface area contributed by atoms with Crippen molar-refractivity contribution in [3.63, 3.8) is 0 Å². The number of nitrogens with zero attached hydrogens (tertiary/aromatic N) is 2. The van der Waals surface area contributed by atoms with Gasteiger partial charge in [-0.1, -0.05) is 59.1 Å². The lowest BCUT2D eigenvalue weighted by molar-refractivity contribution is -0.139. The van der Waals surface area contributed by atoms with Gasteiger partial charge in [0.25, 0.3) is 10.0 Å². The van der Waals surface area contributed by atoms with Gasteiger partial charge in [0.05, 0.1) is 10.6 Å². The Bertz CT molecular complexity index is 1330. The molecule has 3 rings (SSSR count). The Kier molecular flexibility index (Phi) is 9.34. The molecule has 0 aromatic heterocycles. The molecule has 0 aliphatic heterocycles. The summed E-state index contributed by atoms with van der Waals surface area (Å²) in [4.78, 5) is 27.9. The highest BCUT2D eigenvalue weighted by Crippen LogP contribution is 2.26. The Morgan fingerprint density at radius 1 is 0.892 bits per heavy atom. The second-order valence-corrected chi connectivity index (χ2v) is 11.2.